The van der Waals surface area contributed by atoms with Crippen molar-refractivity contribution in [2.45, 2.75) is 13.5 Å². The molecule has 0 heterocycles. The van der Waals surface area contributed by atoms with E-state index in [1.165, 1.54) is 30.3 Å². The van der Waals surface area contributed by atoms with Gasteiger partial charge in [0.25, 0.3) is 11.6 Å². The quantitative estimate of drug-likeness (QED) is 0.468. The fourth-order valence-electron chi connectivity index (χ4n) is 1.98. The molecule has 2 aromatic rings. The Morgan fingerprint density at radius 1 is 1.12 bits per heavy atom. The van der Waals surface area contributed by atoms with E-state index in [9.17, 15) is 19.7 Å². The van der Waals surface area contributed by atoms with Crippen LogP contribution < -0.4 is 10.8 Å². The molecule has 2 rings (SSSR count). The second-order valence-corrected chi connectivity index (χ2v) is 5.32. The van der Waals surface area contributed by atoms with Crippen molar-refractivity contribution < 1.29 is 19.3 Å². The predicted octanol–water partition coefficient (Wildman–Crippen LogP) is 2.48. The second kappa shape index (κ2) is 8.97. The van der Waals surface area contributed by atoms with E-state index in [1.54, 1.807) is 6.92 Å². The van der Waals surface area contributed by atoms with Crippen molar-refractivity contribution in [3.8, 4) is 0 Å². The maximum absolute atomic E-state index is 11.8. The molecule has 1 amide bonds. The molecule has 0 fully saturated rings. The van der Waals surface area contributed by atoms with Crippen LogP contribution in [0, 0.1) is 10.1 Å². The summed E-state index contributed by atoms with van der Waals surface area (Å²) < 4.78 is 0. The topological polar surface area (TPSA) is 111 Å². The molecule has 2 aromatic carbocycles. The van der Waals surface area contributed by atoms with Crippen LogP contribution in [0.3, 0.4) is 0 Å². The van der Waals surface area contributed by atoms with E-state index in [0.717, 1.165) is 5.56 Å². The number of hydrogen-bond donors (Lipinski definition) is 2. The van der Waals surface area contributed by atoms with Gasteiger partial charge in [0, 0.05) is 36.0 Å². The summed E-state index contributed by atoms with van der Waals surface area (Å²) in [6.07, 6.45) is 1.21. The van der Waals surface area contributed by atoms with Crippen LogP contribution in [0.5, 0.6) is 0 Å². The van der Waals surface area contributed by atoms with Gasteiger partial charge in [0.2, 0.25) is 0 Å². The Morgan fingerprint density at radius 3 is 2.38 bits per heavy atom. The molecule has 26 heavy (non-hydrogen) atoms. The van der Waals surface area contributed by atoms with Crippen LogP contribution in [-0.2, 0) is 16.2 Å². The van der Waals surface area contributed by atoms with Crippen LogP contribution in [-0.4, -0.2) is 16.8 Å². The molecule has 134 valence electrons. The van der Waals surface area contributed by atoms with Crippen molar-refractivity contribution in [2.24, 2.45) is 0 Å². The number of carbonyl (C=O) groups is 2. The van der Waals surface area contributed by atoms with Gasteiger partial charge in [0.15, 0.2) is 0 Å². The summed E-state index contributed by atoms with van der Waals surface area (Å²) in [7, 11) is 0. The summed E-state index contributed by atoms with van der Waals surface area (Å²) in [5.41, 5.74) is 3.62. The van der Waals surface area contributed by atoms with Gasteiger partial charge in [-0.15, -0.1) is 0 Å². The van der Waals surface area contributed by atoms with Crippen molar-refractivity contribution >= 4 is 17.6 Å². The van der Waals surface area contributed by atoms with Crippen LogP contribution in [0.2, 0.25) is 0 Å². The van der Waals surface area contributed by atoms with E-state index < -0.39 is 16.8 Å². The molecule has 8 nitrogen and oxygen atoms in total. The molecular formula is C18H17N3O5. The number of amides is 1. The van der Waals surface area contributed by atoms with E-state index in [-0.39, 0.29) is 11.3 Å². The molecule has 8 heteroatoms. The van der Waals surface area contributed by atoms with Gasteiger partial charge < -0.3 is 10.2 Å². The summed E-state index contributed by atoms with van der Waals surface area (Å²) in [6.45, 7) is 2.24. The fraction of sp³-hybridized carbons (Fsp3) is 0.111. The first-order valence-corrected chi connectivity index (χ1v) is 7.67. The summed E-state index contributed by atoms with van der Waals surface area (Å²) >= 11 is 0. The number of hydroxylamine groups is 1. The summed E-state index contributed by atoms with van der Waals surface area (Å²) in [6, 6.07) is 14.6. The number of nitrogens with one attached hydrogen (secondary N) is 2. The Labute approximate surface area is 149 Å². The maximum atomic E-state index is 11.8. The Hall–Kier alpha value is -3.68. The zero-order valence-corrected chi connectivity index (χ0v) is 14.0. The van der Waals surface area contributed by atoms with Crippen LogP contribution in [0.4, 0.5) is 5.69 Å². The molecule has 0 aliphatic carbocycles. The van der Waals surface area contributed by atoms with Crippen LogP contribution >= 0.6 is 0 Å². The average molecular weight is 355 g/mol. The van der Waals surface area contributed by atoms with Crippen LogP contribution in [0.25, 0.3) is 0 Å². The molecule has 0 aliphatic rings. The third-order valence-corrected chi connectivity index (χ3v) is 3.33. The van der Waals surface area contributed by atoms with E-state index in [1.807, 2.05) is 35.8 Å². The Balaban J connectivity index is 1.81. The van der Waals surface area contributed by atoms with E-state index >= 15 is 0 Å². The Morgan fingerprint density at radius 2 is 1.77 bits per heavy atom. The first-order chi connectivity index (χ1) is 12.5. The lowest BCUT2D eigenvalue weighted by atomic mass is 10.2. The van der Waals surface area contributed by atoms with E-state index in [4.69, 9.17) is 0 Å². The van der Waals surface area contributed by atoms with Gasteiger partial charge in [-0.2, -0.15) is 5.48 Å². The fourth-order valence-corrected chi connectivity index (χ4v) is 1.98. The van der Waals surface area contributed by atoms with Gasteiger partial charge in [-0.1, -0.05) is 30.3 Å². The van der Waals surface area contributed by atoms with Gasteiger partial charge >= 0.3 is 5.97 Å². The number of hydrogen-bond acceptors (Lipinski definition) is 6. The van der Waals surface area contributed by atoms with Gasteiger partial charge in [-0.3, -0.25) is 14.9 Å². The monoisotopic (exact) mass is 355 g/mol. The molecular weight excluding hydrogens is 338 g/mol. The SMILES string of the molecule is CC(=CC(=O)ONC(=O)c1ccc([N+](=O)[O-])cc1)NCc1ccccc1. The van der Waals surface area contributed by atoms with Gasteiger partial charge in [0.05, 0.1) is 4.92 Å². The minimum Gasteiger partial charge on any atom is -0.384 e. The minimum absolute atomic E-state index is 0.131. The minimum atomic E-state index is -0.752. The number of benzene rings is 2. The highest BCUT2D eigenvalue weighted by Crippen LogP contribution is 2.11. The van der Waals surface area contributed by atoms with Gasteiger partial charge in [-0.05, 0) is 24.6 Å². The van der Waals surface area contributed by atoms with Crippen molar-refractivity contribution in [3.05, 3.63) is 87.6 Å². The highest BCUT2D eigenvalue weighted by atomic mass is 16.7. The number of carbonyl (C=O) groups excluding carboxylic acids is 2. The summed E-state index contributed by atoms with van der Waals surface area (Å²) in [5, 5.41) is 13.6. The normalized spacial score (nSPS) is 10.7. The molecule has 0 unspecified atom stereocenters. The number of non-ortho nitro benzene ring substituents is 1. The molecule has 0 saturated heterocycles. The molecule has 2 N–H and O–H groups in total. The highest BCUT2D eigenvalue weighted by molar-refractivity contribution is 5.95. The third-order valence-electron chi connectivity index (χ3n) is 3.33. The lowest BCUT2D eigenvalue weighted by Crippen LogP contribution is -2.26. The molecule has 0 aromatic heterocycles. The third kappa shape index (κ3) is 5.75. The van der Waals surface area contributed by atoms with Gasteiger partial charge in [0.1, 0.15) is 0 Å². The molecule has 0 spiro atoms. The van der Waals surface area contributed by atoms with Crippen molar-refractivity contribution in [1.82, 2.24) is 10.8 Å². The molecule has 0 saturated carbocycles. The summed E-state index contributed by atoms with van der Waals surface area (Å²) in [4.78, 5) is 38.2. The molecule has 0 atom stereocenters. The highest BCUT2D eigenvalue weighted by Gasteiger charge is 2.11. The zero-order chi connectivity index (χ0) is 18.9. The smallest absolute Gasteiger partial charge is 0.357 e. The zero-order valence-electron chi connectivity index (χ0n) is 14.0. The van der Waals surface area contributed by atoms with Gasteiger partial charge in [-0.25, -0.2) is 4.79 Å². The number of rotatable bonds is 6. The van der Waals surface area contributed by atoms with E-state index in [2.05, 4.69) is 10.2 Å². The average Bonchev–Trinajstić information content (AvgIpc) is 2.65. The number of nitrogens with zero attached hydrogens (tertiary/aromatic N) is 1. The van der Waals surface area contributed by atoms with Crippen molar-refractivity contribution in [2.75, 3.05) is 0 Å². The van der Waals surface area contributed by atoms with Crippen molar-refractivity contribution in [1.29, 1.82) is 0 Å². The largest absolute Gasteiger partial charge is 0.384 e. The standard InChI is InChI=1S/C18H17N3O5/c1-13(19-12-14-5-3-2-4-6-14)11-17(22)26-20-18(23)15-7-9-16(10-8-15)21(24)25/h2-11,19H,12H2,1H3,(H,20,23). The number of allylic oxidation sites excluding steroid dienone is 1. The first-order valence-electron chi connectivity index (χ1n) is 7.67. The lowest BCUT2D eigenvalue weighted by molar-refractivity contribution is -0.384. The second-order valence-electron chi connectivity index (χ2n) is 5.32. The number of nitro groups is 1. The summed E-state index contributed by atoms with van der Waals surface area (Å²) in [5.74, 6) is -1.44. The predicted molar refractivity (Wildman–Crippen MR) is 93.7 cm³/mol. The molecule has 0 aliphatic heterocycles. The number of nitro benzene ring substituents is 1. The van der Waals surface area contributed by atoms with Crippen molar-refractivity contribution in [3.63, 3.8) is 0 Å². The Bertz CT molecular complexity index is 816. The Kier molecular flexibility index (Phi) is 6.44. The van der Waals surface area contributed by atoms with Crippen LogP contribution in [0.1, 0.15) is 22.8 Å². The van der Waals surface area contributed by atoms with E-state index in [0.29, 0.717) is 12.2 Å². The lowest BCUT2D eigenvalue weighted by Gasteiger charge is -2.07. The molecule has 0 radical (unpaired) electrons. The first kappa shape index (κ1) is 18.7. The van der Waals surface area contributed by atoms with Crippen LogP contribution in [0.15, 0.2) is 66.4 Å². The molecule has 0 bridgehead atoms. The maximum Gasteiger partial charge on any atom is 0.357 e.